The molecule has 2 bridgehead atoms. The van der Waals surface area contributed by atoms with Crippen molar-refractivity contribution in [3.8, 4) is 0 Å². The summed E-state index contributed by atoms with van der Waals surface area (Å²) in [7, 11) is 0. The molecular weight excluding hydrogens is 332 g/mol. The van der Waals surface area contributed by atoms with Crippen LogP contribution in [0.2, 0.25) is 0 Å². The van der Waals surface area contributed by atoms with Gasteiger partial charge in [-0.25, -0.2) is 4.79 Å². The Morgan fingerprint density at radius 2 is 2.12 bits per heavy atom. The number of hydrogen-bond acceptors (Lipinski definition) is 4. The van der Waals surface area contributed by atoms with E-state index in [1.807, 2.05) is 16.8 Å². The number of nitrogens with one attached hydrogen (secondary N) is 2. The van der Waals surface area contributed by atoms with Gasteiger partial charge >= 0.3 is 6.03 Å². The van der Waals surface area contributed by atoms with E-state index in [0.29, 0.717) is 6.04 Å². The van der Waals surface area contributed by atoms with Gasteiger partial charge in [-0.05, 0) is 68.6 Å². The van der Waals surface area contributed by atoms with Crippen LogP contribution in [-0.4, -0.2) is 61.1 Å². The van der Waals surface area contributed by atoms with Crippen molar-refractivity contribution in [3.05, 3.63) is 16.8 Å². The first-order chi connectivity index (χ1) is 12.3. The molecular formula is C19H30N4OS. The summed E-state index contributed by atoms with van der Waals surface area (Å²) in [6.07, 6.45) is 6.77. The molecule has 0 saturated carbocycles. The van der Waals surface area contributed by atoms with Crippen LogP contribution in [-0.2, 0) is 0 Å². The molecule has 1 aromatic rings. The SMILES string of the molecule is O=C(NC[C@H]1C[C@@H]2CCN1C[C@@H]2CN1CCCCC1)Nc1ccsc1. The molecule has 0 aromatic carbocycles. The molecule has 2 amide bonds. The van der Waals surface area contributed by atoms with Gasteiger partial charge in [0.25, 0.3) is 0 Å². The summed E-state index contributed by atoms with van der Waals surface area (Å²) in [4.78, 5) is 17.4. The summed E-state index contributed by atoms with van der Waals surface area (Å²) in [5.41, 5.74) is 0.884. The highest BCUT2D eigenvalue weighted by molar-refractivity contribution is 7.08. The van der Waals surface area contributed by atoms with Crippen LogP contribution in [0.15, 0.2) is 16.8 Å². The molecule has 0 spiro atoms. The van der Waals surface area contributed by atoms with Crippen molar-refractivity contribution in [2.24, 2.45) is 11.8 Å². The fraction of sp³-hybridized carbons (Fsp3) is 0.737. The fourth-order valence-electron chi connectivity index (χ4n) is 4.86. The Labute approximate surface area is 154 Å². The van der Waals surface area contributed by atoms with Gasteiger partial charge in [-0.2, -0.15) is 11.3 Å². The third kappa shape index (κ3) is 4.36. The monoisotopic (exact) mass is 362 g/mol. The number of thiophene rings is 1. The maximum absolute atomic E-state index is 12.0. The lowest BCUT2D eigenvalue weighted by molar-refractivity contribution is -0.0128. The lowest BCUT2D eigenvalue weighted by atomic mass is 9.75. The van der Waals surface area contributed by atoms with Gasteiger partial charge in [-0.15, -0.1) is 0 Å². The van der Waals surface area contributed by atoms with Gasteiger partial charge in [0.2, 0.25) is 0 Å². The highest BCUT2D eigenvalue weighted by Crippen LogP contribution is 2.36. The second-order valence-electron chi connectivity index (χ2n) is 7.90. The predicted molar refractivity (Wildman–Crippen MR) is 103 cm³/mol. The van der Waals surface area contributed by atoms with Crippen LogP contribution in [0.3, 0.4) is 0 Å². The first-order valence-electron chi connectivity index (χ1n) is 9.81. The maximum Gasteiger partial charge on any atom is 0.319 e. The molecule has 6 heteroatoms. The van der Waals surface area contributed by atoms with E-state index >= 15 is 0 Å². The van der Waals surface area contributed by atoms with Crippen LogP contribution in [0.25, 0.3) is 0 Å². The van der Waals surface area contributed by atoms with Crippen molar-refractivity contribution < 1.29 is 4.79 Å². The summed E-state index contributed by atoms with van der Waals surface area (Å²) in [6, 6.07) is 2.37. The molecule has 2 N–H and O–H groups in total. The molecule has 1 unspecified atom stereocenters. The Morgan fingerprint density at radius 1 is 1.24 bits per heavy atom. The molecule has 5 rings (SSSR count). The molecule has 1 aromatic heterocycles. The lowest BCUT2D eigenvalue weighted by Gasteiger charge is -2.51. The van der Waals surface area contributed by atoms with E-state index in [0.717, 1.165) is 24.1 Å². The molecule has 4 fully saturated rings. The Balaban J connectivity index is 1.23. The summed E-state index contributed by atoms with van der Waals surface area (Å²) >= 11 is 1.60. The minimum Gasteiger partial charge on any atom is -0.336 e. The van der Waals surface area contributed by atoms with Crippen LogP contribution >= 0.6 is 11.3 Å². The molecule has 5 nitrogen and oxygen atoms in total. The van der Waals surface area contributed by atoms with Crippen LogP contribution in [0.4, 0.5) is 10.5 Å². The van der Waals surface area contributed by atoms with E-state index in [-0.39, 0.29) is 6.03 Å². The highest BCUT2D eigenvalue weighted by Gasteiger charge is 2.40. The van der Waals surface area contributed by atoms with E-state index in [1.165, 1.54) is 64.8 Å². The number of nitrogens with zero attached hydrogens (tertiary/aromatic N) is 2. The quantitative estimate of drug-likeness (QED) is 0.846. The minimum absolute atomic E-state index is 0.0779. The topological polar surface area (TPSA) is 47.6 Å². The minimum atomic E-state index is -0.0779. The third-order valence-corrected chi connectivity index (χ3v) is 6.92. The Bertz CT molecular complexity index is 558. The summed E-state index contributed by atoms with van der Waals surface area (Å²) in [6.45, 7) is 7.09. The van der Waals surface area contributed by atoms with E-state index in [1.54, 1.807) is 11.3 Å². The van der Waals surface area contributed by atoms with E-state index in [2.05, 4.69) is 20.4 Å². The summed E-state index contributed by atoms with van der Waals surface area (Å²) < 4.78 is 0. The predicted octanol–water partition coefficient (Wildman–Crippen LogP) is 3.07. The molecule has 5 heterocycles. The standard InChI is InChI=1S/C19H30N4OS/c24-19(21-17-5-9-25-14-17)20-11-18-10-15-4-8-23(18)13-16(15)12-22-6-2-1-3-7-22/h5,9,14-16,18H,1-4,6-8,10-13H2,(H2,20,21,24)/t15-,16-,18+/m0/s1. The second kappa shape index (κ2) is 8.06. The number of likely N-dealkylation sites (tertiary alicyclic amines) is 1. The lowest BCUT2D eigenvalue weighted by Crippen LogP contribution is -2.58. The van der Waals surface area contributed by atoms with Gasteiger partial charge in [0.05, 0.1) is 5.69 Å². The number of rotatable bonds is 5. The van der Waals surface area contributed by atoms with Crippen molar-refractivity contribution >= 4 is 23.1 Å². The number of anilines is 1. The van der Waals surface area contributed by atoms with Gasteiger partial charge < -0.3 is 15.5 Å². The van der Waals surface area contributed by atoms with Gasteiger partial charge in [-0.1, -0.05) is 6.42 Å². The van der Waals surface area contributed by atoms with E-state index < -0.39 is 0 Å². The Kier molecular flexibility index (Phi) is 5.58. The maximum atomic E-state index is 12.0. The van der Waals surface area contributed by atoms with Crippen LogP contribution in [0.5, 0.6) is 0 Å². The zero-order chi connectivity index (χ0) is 17.1. The van der Waals surface area contributed by atoms with Crippen molar-refractivity contribution in [2.75, 3.05) is 44.6 Å². The molecule has 4 saturated heterocycles. The number of carbonyl (C=O) groups is 1. The van der Waals surface area contributed by atoms with Crippen molar-refractivity contribution in [1.29, 1.82) is 0 Å². The molecule has 4 aliphatic heterocycles. The third-order valence-electron chi connectivity index (χ3n) is 6.23. The highest BCUT2D eigenvalue weighted by atomic mass is 32.1. The average molecular weight is 363 g/mol. The van der Waals surface area contributed by atoms with Gasteiger partial charge in [0.1, 0.15) is 0 Å². The van der Waals surface area contributed by atoms with Gasteiger partial charge in [0.15, 0.2) is 0 Å². The van der Waals surface area contributed by atoms with Gasteiger partial charge in [0, 0.05) is 31.1 Å². The van der Waals surface area contributed by atoms with Crippen molar-refractivity contribution in [2.45, 2.75) is 38.1 Å². The zero-order valence-corrected chi connectivity index (χ0v) is 15.8. The van der Waals surface area contributed by atoms with Crippen LogP contribution in [0, 0.1) is 11.8 Å². The molecule has 4 aliphatic rings. The Hall–Kier alpha value is -1.11. The number of piperidine rings is 4. The van der Waals surface area contributed by atoms with Gasteiger partial charge in [-0.3, -0.25) is 4.90 Å². The largest absolute Gasteiger partial charge is 0.336 e. The Morgan fingerprint density at radius 3 is 2.84 bits per heavy atom. The summed E-state index contributed by atoms with van der Waals surface area (Å²) in [5, 5.41) is 9.91. The molecule has 0 aliphatic carbocycles. The molecule has 0 radical (unpaired) electrons. The molecule has 25 heavy (non-hydrogen) atoms. The molecule has 138 valence electrons. The second-order valence-corrected chi connectivity index (χ2v) is 8.68. The van der Waals surface area contributed by atoms with E-state index in [4.69, 9.17) is 0 Å². The molecule has 4 atom stereocenters. The van der Waals surface area contributed by atoms with Crippen molar-refractivity contribution in [1.82, 2.24) is 15.1 Å². The number of urea groups is 1. The number of fused-ring (bicyclic) bond motifs is 3. The van der Waals surface area contributed by atoms with Crippen molar-refractivity contribution in [3.63, 3.8) is 0 Å². The van der Waals surface area contributed by atoms with Crippen LogP contribution in [0.1, 0.15) is 32.1 Å². The fourth-order valence-corrected chi connectivity index (χ4v) is 5.45. The number of amides is 2. The average Bonchev–Trinajstić information content (AvgIpc) is 3.15. The first kappa shape index (κ1) is 17.3. The van der Waals surface area contributed by atoms with E-state index in [9.17, 15) is 4.79 Å². The summed E-state index contributed by atoms with van der Waals surface area (Å²) in [5.74, 6) is 1.68. The number of hydrogen-bond donors (Lipinski definition) is 2. The smallest absolute Gasteiger partial charge is 0.319 e. The first-order valence-corrected chi connectivity index (χ1v) is 10.8. The van der Waals surface area contributed by atoms with Crippen LogP contribution < -0.4 is 10.6 Å². The normalized spacial score (nSPS) is 32.5. The zero-order valence-electron chi connectivity index (χ0n) is 15.0. The number of carbonyl (C=O) groups excluding carboxylic acids is 1.